The van der Waals surface area contributed by atoms with Gasteiger partial charge in [0, 0.05) is 23.2 Å². The van der Waals surface area contributed by atoms with Crippen molar-refractivity contribution in [2.24, 2.45) is 0 Å². The average molecular weight is 471 g/mol. The maximum Gasteiger partial charge on any atom is 0.254 e. The van der Waals surface area contributed by atoms with Crippen LogP contribution in [0.4, 0.5) is 0 Å². The second-order valence-corrected chi connectivity index (χ2v) is 8.43. The minimum atomic E-state index is -0.188. The van der Waals surface area contributed by atoms with Crippen molar-refractivity contribution < 1.29 is 14.3 Å². The van der Waals surface area contributed by atoms with Crippen LogP contribution in [0.2, 0.25) is 0 Å². The minimum absolute atomic E-state index is 0.177. The largest absolute Gasteiger partial charge is 0.493 e. The van der Waals surface area contributed by atoms with E-state index in [9.17, 15) is 9.59 Å². The van der Waals surface area contributed by atoms with E-state index in [-0.39, 0.29) is 18.0 Å². The third-order valence-electron chi connectivity index (χ3n) is 6.19. The molecule has 0 bridgehead atoms. The molecule has 0 saturated heterocycles. The van der Waals surface area contributed by atoms with E-state index in [1.165, 1.54) is 5.56 Å². The second-order valence-electron chi connectivity index (χ2n) is 8.43. The SMILES string of the molecule is CCc1ccc2[nH]c(=O)c(CN(CCc3ccccc3)C(=O)c3ccc(OC)c(OC)c3)cc2c1. The normalized spacial score (nSPS) is 10.8. The first-order valence-electron chi connectivity index (χ1n) is 11.7. The Morgan fingerprint density at radius 2 is 1.66 bits per heavy atom. The molecule has 1 heterocycles. The van der Waals surface area contributed by atoms with Crippen LogP contribution in [0.3, 0.4) is 0 Å². The van der Waals surface area contributed by atoms with Crippen molar-refractivity contribution in [3.63, 3.8) is 0 Å². The maximum atomic E-state index is 13.6. The Bertz CT molecular complexity index is 1380. The van der Waals surface area contributed by atoms with Gasteiger partial charge in [0.15, 0.2) is 11.5 Å². The van der Waals surface area contributed by atoms with Crippen LogP contribution in [0.1, 0.15) is 34.0 Å². The van der Waals surface area contributed by atoms with Crippen LogP contribution in [0.5, 0.6) is 11.5 Å². The van der Waals surface area contributed by atoms with E-state index in [2.05, 4.69) is 18.0 Å². The van der Waals surface area contributed by atoms with Crippen molar-refractivity contribution in [1.82, 2.24) is 9.88 Å². The van der Waals surface area contributed by atoms with Crippen molar-refractivity contribution in [2.45, 2.75) is 26.3 Å². The smallest absolute Gasteiger partial charge is 0.254 e. The number of ether oxygens (including phenoxy) is 2. The number of carbonyl (C=O) groups is 1. The van der Waals surface area contributed by atoms with Crippen LogP contribution in [0, 0.1) is 0 Å². The number of hydrogen-bond acceptors (Lipinski definition) is 4. The summed E-state index contributed by atoms with van der Waals surface area (Å²) in [5, 5.41) is 0.959. The lowest BCUT2D eigenvalue weighted by molar-refractivity contribution is 0.0744. The monoisotopic (exact) mass is 470 g/mol. The van der Waals surface area contributed by atoms with Gasteiger partial charge in [0.05, 0.1) is 20.8 Å². The molecule has 0 atom stereocenters. The van der Waals surface area contributed by atoms with E-state index in [1.54, 1.807) is 37.3 Å². The number of pyridine rings is 1. The van der Waals surface area contributed by atoms with Gasteiger partial charge in [-0.25, -0.2) is 0 Å². The number of nitrogens with one attached hydrogen (secondary N) is 1. The number of nitrogens with zero attached hydrogens (tertiary/aromatic N) is 1. The molecule has 0 radical (unpaired) electrons. The van der Waals surface area contributed by atoms with Crippen LogP contribution in [-0.4, -0.2) is 36.6 Å². The molecule has 0 aliphatic carbocycles. The zero-order valence-electron chi connectivity index (χ0n) is 20.3. The molecule has 0 aliphatic heterocycles. The van der Waals surface area contributed by atoms with Gasteiger partial charge in [-0.3, -0.25) is 9.59 Å². The first-order chi connectivity index (χ1) is 17.0. The molecule has 4 rings (SSSR count). The summed E-state index contributed by atoms with van der Waals surface area (Å²) in [5.74, 6) is 0.860. The molecule has 0 aliphatic rings. The zero-order valence-corrected chi connectivity index (χ0v) is 20.3. The number of H-pyrrole nitrogens is 1. The minimum Gasteiger partial charge on any atom is -0.493 e. The first-order valence-corrected chi connectivity index (χ1v) is 11.7. The zero-order chi connectivity index (χ0) is 24.8. The molecule has 6 nitrogen and oxygen atoms in total. The van der Waals surface area contributed by atoms with Gasteiger partial charge < -0.3 is 19.4 Å². The van der Waals surface area contributed by atoms with Gasteiger partial charge in [-0.2, -0.15) is 0 Å². The van der Waals surface area contributed by atoms with Crippen molar-refractivity contribution >= 4 is 16.8 Å². The number of fused-ring (bicyclic) bond motifs is 1. The predicted molar refractivity (Wildman–Crippen MR) is 138 cm³/mol. The Balaban J connectivity index is 1.68. The quantitative estimate of drug-likeness (QED) is 0.374. The van der Waals surface area contributed by atoms with E-state index >= 15 is 0 Å². The van der Waals surface area contributed by atoms with Crippen LogP contribution < -0.4 is 15.0 Å². The lowest BCUT2D eigenvalue weighted by atomic mass is 10.1. The van der Waals surface area contributed by atoms with Crippen LogP contribution in [0.25, 0.3) is 10.9 Å². The van der Waals surface area contributed by atoms with E-state index in [1.807, 2.05) is 48.5 Å². The molecule has 1 amide bonds. The highest BCUT2D eigenvalue weighted by Gasteiger charge is 2.20. The topological polar surface area (TPSA) is 71.6 Å². The fraction of sp³-hybridized carbons (Fsp3) is 0.241. The summed E-state index contributed by atoms with van der Waals surface area (Å²) in [6.45, 7) is 2.76. The number of methoxy groups -OCH3 is 2. The van der Waals surface area contributed by atoms with Gasteiger partial charge in [0.1, 0.15) is 0 Å². The standard InChI is InChI=1S/C29H30N2O4/c1-4-20-10-12-25-23(16-20)17-24(28(32)30-25)19-31(15-14-21-8-6-5-7-9-21)29(33)22-11-13-26(34-2)27(18-22)35-3/h5-13,16-18H,4,14-15,19H2,1-3H3,(H,30,32). The molecule has 4 aromatic rings. The van der Waals surface area contributed by atoms with E-state index in [0.29, 0.717) is 35.6 Å². The third-order valence-corrected chi connectivity index (χ3v) is 6.19. The summed E-state index contributed by atoms with van der Waals surface area (Å²) in [6, 6.07) is 23.0. The Hall–Kier alpha value is -4.06. The number of hydrogen-bond donors (Lipinski definition) is 1. The highest BCUT2D eigenvalue weighted by atomic mass is 16.5. The summed E-state index contributed by atoms with van der Waals surface area (Å²) < 4.78 is 10.7. The van der Waals surface area contributed by atoms with Gasteiger partial charge in [0.2, 0.25) is 0 Å². The lowest BCUT2D eigenvalue weighted by Gasteiger charge is -2.23. The van der Waals surface area contributed by atoms with E-state index in [0.717, 1.165) is 22.9 Å². The fourth-order valence-electron chi connectivity index (χ4n) is 4.16. The maximum absolute atomic E-state index is 13.6. The Kier molecular flexibility index (Phi) is 7.51. The number of carbonyl (C=O) groups excluding carboxylic acids is 1. The summed E-state index contributed by atoms with van der Waals surface area (Å²) >= 11 is 0. The molecule has 0 saturated carbocycles. The predicted octanol–water partition coefficient (Wildman–Crippen LogP) is 4.99. The van der Waals surface area contributed by atoms with Gasteiger partial charge >= 0.3 is 0 Å². The van der Waals surface area contributed by atoms with Gasteiger partial charge in [-0.1, -0.05) is 43.3 Å². The van der Waals surface area contributed by atoms with E-state index in [4.69, 9.17) is 9.47 Å². The lowest BCUT2D eigenvalue weighted by Crippen LogP contribution is -2.34. The van der Waals surface area contributed by atoms with Crippen LogP contribution in [-0.2, 0) is 19.4 Å². The molecule has 3 aromatic carbocycles. The molecule has 0 spiro atoms. The van der Waals surface area contributed by atoms with Crippen molar-refractivity contribution in [3.05, 3.63) is 105 Å². The van der Waals surface area contributed by atoms with E-state index < -0.39 is 0 Å². The second kappa shape index (κ2) is 10.9. The number of aromatic amines is 1. The van der Waals surface area contributed by atoms with Crippen molar-refractivity contribution in [1.29, 1.82) is 0 Å². The molecule has 1 N–H and O–H groups in total. The van der Waals surface area contributed by atoms with Gasteiger partial charge in [0.25, 0.3) is 11.5 Å². The molecule has 180 valence electrons. The highest BCUT2D eigenvalue weighted by Crippen LogP contribution is 2.28. The summed E-state index contributed by atoms with van der Waals surface area (Å²) in [4.78, 5) is 31.2. The van der Waals surface area contributed by atoms with Gasteiger partial charge in [-0.05, 0) is 65.8 Å². The van der Waals surface area contributed by atoms with Crippen LogP contribution in [0.15, 0.2) is 77.6 Å². The van der Waals surface area contributed by atoms with Crippen molar-refractivity contribution in [2.75, 3.05) is 20.8 Å². The summed E-state index contributed by atoms with van der Waals surface area (Å²) in [7, 11) is 3.10. The number of aromatic nitrogens is 1. The van der Waals surface area contributed by atoms with Crippen molar-refractivity contribution in [3.8, 4) is 11.5 Å². The number of rotatable bonds is 9. The first kappa shape index (κ1) is 24.1. The molecule has 6 heteroatoms. The molecular weight excluding hydrogens is 440 g/mol. The molecular formula is C29H30N2O4. The van der Waals surface area contributed by atoms with Crippen LogP contribution >= 0.6 is 0 Å². The number of amides is 1. The Labute approximate surface area is 205 Å². The summed E-state index contributed by atoms with van der Waals surface area (Å²) in [5.41, 5.74) is 3.94. The third kappa shape index (κ3) is 5.54. The number of aryl methyl sites for hydroxylation is 1. The Morgan fingerprint density at radius 3 is 2.37 bits per heavy atom. The molecule has 0 fully saturated rings. The highest BCUT2D eigenvalue weighted by molar-refractivity contribution is 5.95. The molecule has 1 aromatic heterocycles. The van der Waals surface area contributed by atoms with Gasteiger partial charge in [-0.15, -0.1) is 0 Å². The fourth-order valence-corrected chi connectivity index (χ4v) is 4.16. The molecule has 0 unspecified atom stereocenters. The molecule has 35 heavy (non-hydrogen) atoms. The average Bonchev–Trinajstić information content (AvgIpc) is 2.90. The number of benzene rings is 3. The summed E-state index contributed by atoms with van der Waals surface area (Å²) in [6.07, 6.45) is 1.58. The Morgan fingerprint density at radius 1 is 0.886 bits per heavy atom.